The van der Waals surface area contributed by atoms with Crippen LogP contribution in [0.3, 0.4) is 0 Å². The molecule has 0 aliphatic rings. The standard InChI is InChI=1S/C15H16BrN3/c1-11(2)19-10-17-8-14(19)9-18-6-5-12-3-4-13(16)7-15(12)18/h3-8,10-11H,9H2,1-2H3. The molecule has 3 nitrogen and oxygen atoms in total. The Labute approximate surface area is 121 Å². The molecule has 0 spiro atoms. The van der Waals surface area contributed by atoms with Crippen LogP contribution in [0.1, 0.15) is 25.6 Å². The fraction of sp³-hybridized carbons (Fsp3) is 0.267. The molecule has 19 heavy (non-hydrogen) atoms. The van der Waals surface area contributed by atoms with Crippen molar-refractivity contribution >= 4 is 26.8 Å². The van der Waals surface area contributed by atoms with Gasteiger partial charge in [-0.25, -0.2) is 4.98 Å². The van der Waals surface area contributed by atoms with Crippen LogP contribution in [0.5, 0.6) is 0 Å². The van der Waals surface area contributed by atoms with Gasteiger partial charge in [0.05, 0.1) is 18.6 Å². The predicted octanol–water partition coefficient (Wildman–Crippen LogP) is 4.23. The lowest BCUT2D eigenvalue weighted by atomic mass is 10.2. The molecule has 3 aromatic rings. The highest BCUT2D eigenvalue weighted by Gasteiger charge is 2.08. The summed E-state index contributed by atoms with van der Waals surface area (Å²) in [6, 6.07) is 8.95. The molecule has 0 bridgehead atoms. The second kappa shape index (κ2) is 4.85. The van der Waals surface area contributed by atoms with Crippen LogP contribution in [0.4, 0.5) is 0 Å². The molecule has 0 aliphatic heterocycles. The van der Waals surface area contributed by atoms with E-state index in [1.165, 1.54) is 16.6 Å². The van der Waals surface area contributed by atoms with Gasteiger partial charge >= 0.3 is 0 Å². The van der Waals surface area contributed by atoms with Crippen LogP contribution in [0.25, 0.3) is 10.9 Å². The zero-order valence-electron chi connectivity index (χ0n) is 11.0. The Bertz CT molecular complexity index is 709. The second-order valence-electron chi connectivity index (χ2n) is 5.03. The van der Waals surface area contributed by atoms with Crippen LogP contribution >= 0.6 is 15.9 Å². The van der Waals surface area contributed by atoms with Crippen molar-refractivity contribution in [3.05, 3.63) is 53.2 Å². The van der Waals surface area contributed by atoms with Crippen molar-refractivity contribution in [2.75, 3.05) is 0 Å². The van der Waals surface area contributed by atoms with E-state index < -0.39 is 0 Å². The molecule has 3 rings (SSSR count). The van der Waals surface area contributed by atoms with Crippen molar-refractivity contribution in [2.24, 2.45) is 0 Å². The van der Waals surface area contributed by atoms with Gasteiger partial charge in [-0.05, 0) is 37.4 Å². The Morgan fingerprint density at radius 2 is 2.11 bits per heavy atom. The molecule has 2 heterocycles. The Balaban J connectivity index is 2.01. The minimum Gasteiger partial charge on any atom is -0.341 e. The maximum atomic E-state index is 4.26. The van der Waals surface area contributed by atoms with E-state index >= 15 is 0 Å². The van der Waals surface area contributed by atoms with Crippen LogP contribution < -0.4 is 0 Å². The van der Waals surface area contributed by atoms with Gasteiger partial charge in [-0.1, -0.05) is 22.0 Å². The third-order valence-corrected chi connectivity index (χ3v) is 3.86. The van der Waals surface area contributed by atoms with E-state index in [0.717, 1.165) is 11.0 Å². The Morgan fingerprint density at radius 3 is 2.89 bits per heavy atom. The lowest BCUT2D eigenvalue weighted by Gasteiger charge is -2.13. The number of imidazole rings is 1. The summed E-state index contributed by atoms with van der Waals surface area (Å²) in [5, 5.41) is 1.26. The molecule has 0 amide bonds. The van der Waals surface area contributed by atoms with Crippen molar-refractivity contribution in [2.45, 2.75) is 26.4 Å². The number of aromatic nitrogens is 3. The number of nitrogens with zero attached hydrogens (tertiary/aromatic N) is 3. The maximum Gasteiger partial charge on any atom is 0.0951 e. The third kappa shape index (κ3) is 2.32. The van der Waals surface area contributed by atoms with Gasteiger partial charge in [0.15, 0.2) is 0 Å². The number of benzene rings is 1. The molecule has 0 saturated heterocycles. The summed E-state index contributed by atoms with van der Waals surface area (Å²) in [7, 11) is 0. The quantitative estimate of drug-likeness (QED) is 0.708. The molecule has 0 atom stereocenters. The van der Waals surface area contributed by atoms with E-state index in [2.05, 4.69) is 74.4 Å². The highest BCUT2D eigenvalue weighted by atomic mass is 79.9. The van der Waals surface area contributed by atoms with E-state index in [-0.39, 0.29) is 0 Å². The Morgan fingerprint density at radius 1 is 1.26 bits per heavy atom. The minimum atomic E-state index is 0.436. The zero-order chi connectivity index (χ0) is 13.4. The summed E-state index contributed by atoms with van der Waals surface area (Å²) in [6.07, 6.45) is 5.99. The summed E-state index contributed by atoms with van der Waals surface area (Å²) in [6.45, 7) is 5.20. The van der Waals surface area contributed by atoms with Gasteiger partial charge in [0, 0.05) is 28.4 Å². The number of fused-ring (bicyclic) bond motifs is 1. The summed E-state index contributed by atoms with van der Waals surface area (Å²) < 4.78 is 5.58. The first-order valence-electron chi connectivity index (χ1n) is 6.40. The van der Waals surface area contributed by atoms with Crippen LogP contribution in [0, 0.1) is 0 Å². The van der Waals surface area contributed by atoms with Crippen LogP contribution in [0.15, 0.2) is 47.5 Å². The van der Waals surface area contributed by atoms with E-state index in [1.807, 2.05) is 12.5 Å². The molecule has 0 unspecified atom stereocenters. The van der Waals surface area contributed by atoms with Crippen molar-refractivity contribution in [3.63, 3.8) is 0 Å². The monoisotopic (exact) mass is 317 g/mol. The lowest BCUT2D eigenvalue weighted by molar-refractivity contribution is 0.564. The van der Waals surface area contributed by atoms with Gasteiger partial charge in [0.1, 0.15) is 0 Å². The van der Waals surface area contributed by atoms with Crippen LogP contribution in [0.2, 0.25) is 0 Å². The number of hydrogen-bond acceptors (Lipinski definition) is 1. The number of rotatable bonds is 3. The molecule has 0 radical (unpaired) electrons. The van der Waals surface area contributed by atoms with Gasteiger partial charge in [0.25, 0.3) is 0 Å². The summed E-state index contributed by atoms with van der Waals surface area (Å²) >= 11 is 3.54. The first kappa shape index (κ1) is 12.5. The second-order valence-corrected chi connectivity index (χ2v) is 5.95. The van der Waals surface area contributed by atoms with Gasteiger partial charge in [0.2, 0.25) is 0 Å². The molecular weight excluding hydrogens is 302 g/mol. The topological polar surface area (TPSA) is 22.8 Å². The normalized spacial score (nSPS) is 11.6. The van der Waals surface area contributed by atoms with Crippen molar-refractivity contribution in [1.29, 1.82) is 0 Å². The minimum absolute atomic E-state index is 0.436. The largest absolute Gasteiger partial charge is 0.341 e. The number of halogens is 1. The molecule has 0 saturated carbocycles. The highest BCUT2D eigenvalue weighted by molar-refractivity contribution is 9.10. The van der Waals surface area contributed by atoms with Crippen LogP contribution in [-0.2, 0) is 6.54 Å². The first-order valence-corrected chi connectivity index (χ1v) is 7.19. The van der Waals surface area contributed by atoms with Crippen molar-refractivity contribution in [1.82, 2.24) is 14.1 Å². The summed E-state index contributed by atoms with van der Waals surface area (Å²) in [4.78, 5) is 4.26. The highest BCUT2D eigenvalue weighted by Crippen LogP contribution is 2.22. The average molecular weight is 318 g/mol. The first-order chi connectivity index (χ1) is 9.15. The fourth-order valence-corrected chi connectivity index (χ4v) is 2.74. The predicted molar refractivity (Wildman–Crippen MR) is 81.4 cm³/mol. The van der Waals surface area contributed by atoms with E-state index in [0.29, 0.717) is 6.04 Å². The molecule has 1 aromatic carbocycles. The molecule has 98 valence electrons. The molecule has 2 aromatic heterocycles. The van der Waals surface area contributed by atoms with Crippen molar-refractivity contribution in [3.8, 4) is 0 Å². The average Bonchev–Trinajstić information content (AvgIpc) is 2.97. The van der Waals surface area contributed by atoms with E-state index in [4.69, 9.17) is 0 Å². The SMILES string of the molecule is CC(C)n1cncc1Cn1ccc2ccc(Br)cc21. The molecule has 0 fully saturated rings. The van der Waals surface area contributed by atoms with Crippen molar-refractivity contribution < 1.29 is 0 Å². The number of hydrogen-bond donors (Lipinski definition) is 0. The van der Waals surface area contributed by atoms with E-state index in [1.54, 1.807) is 0 Å². The Kier molecular flexibility index (Phi) is 3.19. The zero-order valence-corrected chi connectivity index (χ0v) is 12.6. The van der Waals surface area contributed by atoms with Gasteiger partial charge in [-0.15, -0.1) is 0 Å². The maximum absolute atomic E-state index is 4.26. The van der Waals surface area contributed by atoms with Crippen LogP contribution in [-0.4, -0.2) is 14.1 Å². The smallest absolute Gasteiger partial charge is 0.0951 e. The Hall–Kier alpha value is -1.55. The molecule has 4 heteroatoms. The summed E-state index contributed by atoms with van der Waals surface area (Å²) in [5.41, 5.74) is 2.47. The molecule has 0 aliphatic carbocycles. The van der Waals surface area contributed by atoms with Gasteiger partial charge < -0.3 is 9.13 Å². The lowest BCUT2D eigenvalue weighted by Crippen LogP contribution is -2.08. The molecular formula is C15H16BrN3. The fourth-order valence-electron chi connectivity index (χ4n) is 2.39. The van der Waals surface area contributed by atoms with Gasteiger partial charge in [-0.3, -0.25) is 0 Å². The summed E-state index contributed by atoms with van der Waals surface area (Å²) in [5.74, 6) is 0. The van der Waals surface area contributed by atoms with E-state index in [9.17, 15) is 0 Å². The molecule has 0 N–H and O–H groups in total. The van der Waals surface area contributed by atoms with Gasteiger partial charge in [-0.2, -0.15) is 0 Å². The third-order valence-electron chi connectivity index (χ3n) is 3.37.